The molecule has 118 valence electrons. The van der Waals surface area contributed by atoms with Gasteiger partial charge in [0.15, 0.2) is 0 Å². The van der Waals surface area contributed by atoms with Crippen LogP contribution in [0.5, 0.6) is 0 Å². The average molecular weight is 301 g/mol. The molecule has 2 rings (SSSR count). The number of hydrogen-bond acceptors (Lipinski definition) is 2. The average Bonchev–Trinajstić information content (AvgIpc) is 2.85. The van der Waals surface area contributed by atoms with Gasteiger partial charge in [-0.3, -0.25) is 0 Å². The Morgan fingerprint density at radius 1 is 1.33 bits per heavy atom. The van der Waals surface area contributed by atoms with Gasteiger partial charge in [-0.15, -0.1) is 0 Å². The molecule has 0 aromatic heterocycles. The third kappa shape index (κ3) is 3.51. The number of nitrogens with zero attached hydrogens (tertiary/aromatic N) is 1. The van der Waals surface area contributed by atoms with Gasteiger partial charge in [-0.1, -0.05) is 19.9 Å². The molecule has 1 saturated heterocycles. The van der Waals surface area contributed by atoms with Gasteiger partial charge in [0.1, 0.15) is 0 Å². The van der Waals surface area contributed by atoms with Gasteiger partial charge in [0.25, 0.3) is 0 Å². The molecule has 0 radical (unpaired) electrons. The Balaban J connectivity index is 2.38. The van der Waals surface area contributed by atoms with E-state index in [9.17, 15) is 13.2 Å². The van der Waals surface area contributed by atoms with Crippen molar-refractivity contribution in [2.75, 3.05) is 25.2 Å². The van der Waals surface area contributed by atoms with Crippen molar-refractivity contribution < 1.29 is 17.9 Å². The number of alkyl halides is 3. The topological polar surface area (TPSA) is 12.5 Å². The molecule has 21 heavy (non-hydrogen) atoms. The van der Waals surface area contributed by atoms with Gasteiger partial charge in [-0.05, 0) is 36.5 Å². The number of anilines is 1. The third-order valence-corrected chi connectivity index (χ3v) is 4.03. The maximum atomic E-state index is 13.3. The summed E-state index contributed by atoms with van der Waals surface area (Å²) in [6.45, 7) is 4.90. The van der Waals surface area contributed by atoms with Gasteiger partial charge in [0, 0.05) is 19.3 Å². The maximum Gasteiger partial charge on any atom is 0.416 e. The minimum Gasteiger partial charge on any atom is -0.383 e. The van der Waals surface area contributed by atoms with Crippen LogP contribution in [0.15, 0.2) is 18.2 Å². The summed E-state index contributed by atoms with van der Waals surface area (Å²) in [4.78, 5) is 2.03. The van der Waals surface area contributed by atoms with Crippen LogP contribution < -0.4 is 4.90 Å². The lowest BCUT2D eigenvalue weighted by Gasteiger charge is -2.28. The van der Waals surface area contributed by atoms with Crippen molar-refractivity contribution in [1.29, 1.82) is 0 Å². The predicted molar refractivity (Wildman–Crippen MR) is 77.8 cm³/mol. The maximum absolute atomic E-state index is 13.3. The number of methoxy groups -OCH3 is 1. The SMILES string of the molecule is COC[C@H]1CCCN1c1ccc(C(C)C)c(C(F)(F)F)c1. The Morgan fingerprint density at radius 2 is 2.05 bits per heavy atom. The smallest absolute Gasteiger partial charge is 0.383 e. The quantitative estimate of drug-likeness (QED) is 0.815. The summed E-state index contributed by atoms with van der Waals surface area (Å²) in [6.07, 6.45) is -2.37. The molecule has 0 spiro atoms. The monoisotopic (exact) mass is 301 g/mol. The van der Waals surface area contributed by atoms with Crippen molar-refractivity contribution >= 4 is 5.69 Å². The summed E-state index contributed by atoms with van der Waals surface area (Å²) in [7, 11) is 1.62. The summed E-state index contributed by atoms with van der Waals surface area (Å²) < 4.78 is 45.0. The zero-order valence-electron chi connectivity index (χ0n) is 12.7. The Labute approximate surface area is 123 Å². The highest BCUT2D eigenvalue weighted by Gasteiger charge is 2.35. The van der Waals surface area contributed by atoms with Crippen molar-refractivity contribution in [3.63, 3.8) is 0 Å². The van der Waals surface area contributed by atoms with E-state index in [0.29, 0.717) is 17.9 Å². The first-order valence-electron chi connectivity index (χ1n) is 7.31. The summed E-state index contributed by atoms with van der Waals surface area (Å²) >= 11 is 0. The lowest BCUT2D eigenvalue weighted by Crippen LogP contribution is -2.33. The van der Waals surface area contributed by atoms with Crippen LogP contribution >= 0.6 is 0 Å². The van der Waals surface area contributed by atoms with E-state index in [4.69, 9.17) is 4.74 Å². The zero-order valence-corrected chi connectivity index (χ0v) is 12.7. The van der Waals surface area contributed by atoms with Crippen molar-refractivity contribution in [3.05, 3.63) is 29.3 Å². The van der Waals surface area contributed by atoms with Crippen molar-refractivity contribution in [3.8, 4) is 0 Å². The van der Waals surface area contributed by atoms with E-state index < -0.39 is 11.7 Å². The largest absolute Gasteiger partial charge is 0.416 e. The normalized spacial score (nSPS) is 19.6. The molecule has 0 amide bonds. The minimum absolute atomic E-state index is 0.149. The van der Waals surface area contributed by atoms with Gasteiger partial charge in [-0.25, -0.2) is 0 Å². The highest BCUT2D eigenvalue weighted by molar-refractivity contribution is 5.54. The van der Waals surface area contributed by atoms with Crippen molar-refractivity contribution in [1.82, 2.24) is 0 Å². The van der Waals surface area contributed by atoms with Crippen molar-refractivity contribution in [2.24, 2.45) is 0 Å². The van der Waals surface area contributed by atoms with Crippen LogP contribution in [-0.2, 0) is 10.9 Å². The van der Waals surface area contributed by atoms with E-state index in [-0.39, 0.29) is 12.0 Å². The Bertz CT molecular complexity index is 485. The van der Waals surface area contributed by atoms with Crippen LogP contribution in [-0.4, -0.2) is 26.3 Å². The molecule has 1 heterocycles. The summed E-state index contributed by atoms with van der Waals surface area (Å²) in [5.41, 5.74) is 0.484. The first-order valence-corrected chi connectivity index (χ1v) is 7.31. The fraction of sp³-hybridized carbons (Fsp3) is 0.625. The second kappa shape index (κ2) is 6.26. The highest BCUT2D eigenvalue weighted by Crippen LogP contribution is 2.38. The fourth-order valence-corrected chi connectivity index (χ4v) is 3.01. The number of hydrogen-bond donors (Lipinski definition) is 0. The second-order valence-corrected chi connectivity index (χ2v) is 5.87. The Kier molecular flexibility index (Phi) is 4.81. The van der Waals surface area contributed by atoms with Gasteiger partial charge < -0.3 is 9.64 Å². The van der Waals surface area contributed by atoms with E-state index >= 15 is 0 Å². The van der Waals surface area contributed by atoms with Gasteiger partial charge >= 0.3 is 6.18 Å². The molecule has 0 unspecified atom stereocenters. The molecule has 0 N–H and O–H groups in total. The molecule has 1 aromatic rings. The van der Waals surface area contributed by atoms with E-state index in [1.165, 1.54) is 6.07 Å². The van der Waals surface area contributed by atoms with Crippen molar-refractivity contribution in [2.45, 2.75) is 44.8 Å². The Hall–Kier alpha value is -1.23. The first kappa shape index (κ1) is 16.1. The molecule has 5 heteroatoms. The molecule has 0 aliphatic carbocycles. The van der Waals surface area contributed by atoms with Gasteiger partial charge in [-0.2, -0.15) is 13.2 Å². The van der Waals surface area contributed by atoms with E-state index in [0.717, 1.165) is 19.4 Å². The summed E-state index contributed by atoms with van der Waals surface area (Å²) in [5, 5.41) is 0. The van der Waals surface area contributed by atoms with Crippen LogP contribution in [0, 0.1) is 0 Å². The fourth-order valence-electron chi connectivity index (χ4n) is 3.01. The molecule has 0 bridgehead atoms. The number of ether oxygens (including phenoxy) is 1. The molecule has 1 aromatic carbocycles. The van der Waals surface area contributed by atoms with E-state index in [2.05, 4.69) is 0 Å². The number of benzene rings is 1. The Morgan fingerprint density at radius 3 is 2.62 bits per heavy atom. The molecule has 1 aliphatic heterocycles. The van der Waals surface area contributed by atoms with Crippen LogP contribution in [0.4, 0.5) is 18.9 Å². The minimum atomic E-state index is -4.31. The lowest BCUT2D eigenvalue weighted by molar-refractivity contribution is -0.138. The molecule has 0 saturated carbocycles. The van der Waals surface area contributed by atoms with Crippen LogP contribution in [0.2, 0.25) is 0 Å². The summed E-state index contributed by atoms with van der Waals surface area (Å²) in [5.74, 6) is -0.149. The number of halogens is 3. The van der Waals surface area contributed by atoms with Crippen LogP contribution in [0.25, 0.3) is 0 Å². The first-order chi connectivity index (χ1) is 9.84. The molecule has 1 fully saturated rings. The van der Waals surface area contributed by atoms with Crippen LogP contribution in [0.1, 0.15) is 43.7 Å². The lowest BCUT2D eigenvalue weighted by atomic mass is 9.96. The van der Waals surface area contributed by atoms with Gasteiger partial charge in [0.2, 0.25) is 0 Å². The molecular weight excluding hydrogens is 279 g/mol. The summed E-state index contributed by atoms with van der Waals surface area (Å²) in [6, 6.07) is 4.88. The second-order valence-electron chi connectivity index (χ2n) is 5.87. The molecule has 2 nitrogen and oxygen atoms in total. The van der Waals surface area contributed by atoms with E-state index in [1.807, 2.05) is 4.90 Å². The molecular formula is C16H22F3NO. The number of rotatable bonds is 4. The molecule has 1 aliphatic rings. The van der Waals surface area contributed by atoms with Gasteiger partial charge in [0.05, 0.1) is 18.2 Å². The zero-order chi connectivity index (χ0) is 15.6. The standard InChI is InChI=1S/C16H22F3NO/c1-11(2)14-7-6-12(9-15(14)16(17,18)19)20-8-4-5-13(20)10-21-3/h6-7,9,11,13H,4-5,8,10H2,1-3H3/t13-/m1/s1. The predicted octanol–water partition coefficient (Wildman–Crippen LogP) is 4.44. The van der Waals surface area contributed by atoms with Crippen LogP contribution in [0.3, 0.4) is 0 Å². The highest BCUT2D eigenvalue weighted by atomic mass is 19.4. The van der Waals surface area contributed by atoms with E-state index in [1.54, 1.807) is 33.1 Å². The molecule has 1 atom stereocenters. The third-order valence-electron chi connectivity index (χ3n) is 4.03.